The standard InChI is InChI=1S/C19H26N4O3/c1-11(2)16-7-14(15-8-21-23(12(3)4)18(15)22-16)19(25)20-9-17(24)26-10-13-5-6-13/h7-8,11-13H,5-6,9-10H2,1-4H3,(H,20,25). The van der Waals surface area contributed by atoms with Crippen LogP contribution in [-0.4, -0.2) is 39.8 Å². The summed E-state index contributed by atoms with van der Waals surface area (Å²) in [5.41, 5.74) is 2.00. The van der Waals surface area contributed by atoms with Crippen LogP contribution in [0, 0.1) is 5.92 Å². The van der Waals surface area contributed by atoms with Crippen LogP contribution in [0.5, 0.6) is 0 Å². The van der Waals surface area contributed by atoms with Gasteiger partial charge in [0.15, 0.2) is 5.65 Å². The van der Waals surface area contributed by atoms with Gasteiger partial charge in [-0.3, -0.25) is 9.59 Å². The molecular weight excluding hydrogens is 332 g/mol. The maximum atomic E-state index is 12.7. The first-order valence-corrected chi connectivity index (χ1v) is 9.18. The van der Waals surface area contributed by atoms with Gasteiger partial charge < -0.3 is 10.1 Å². The highest BCUT2D eigenvalue weighted by Gasteiger charge is 2.23. The van der Waals surface area contributed by atoms with Crippen LogP contribution < -0.4 is 5.32 Å². The molecule has 0 aromatic carbocycles. The number of hydrogen-bond donors (Lipinski definition) is 1. The number of amides is 1. The van der Waals surface area contributed by atoms with E-state index in [1.807, 2.05) is 32.4 Å². The number of nitrogens with one attached hydrogen (secondary N) is 1. The van der Waals surface area contributed by atoms with E-state index in [0.29, 0.717) is 29.1 Å². The fourth-order valence-electron chi connectivity index (χ4n) is 2.69. The number of fused-ring (bicyclic) bond motifs is 1. The highest BCUT2D eigenvalue weighted by atomic mass is 16.5. The number of carbonyl (C=O) groups is 2. The minimum absolute atomic E-state index is 0.134. The van der Waals surface area contributed by atoms with Gasteiger partial charge in [-0.05, 0) is 44.6 Å². The molecule has 0 radical (unpaired) electrons. The smallest absolute Gasteiger partial charge is 0.325 e. The average molecular weight is 358 g/mol. The Morgan fingerprint density at radius 3 is 2.65 bits per heavy atom. The van der Waals surface area contributed by atoms with E-state index in [4.69, 9.17) is 4.74 Å². The van der Waals surface area contributed by atoms with Crippen molar-refractivity contribution in [3.63, 3.8) is 0 Å². The zero-order valence-electron chi connectivity index (χ0n) is 15.8. The van der Waals surface area contributed by atoms with Gasteiger partial charge in [0, 0.05) is 11.7 Å². The van der Waals surface area contributed by atoms with Crippen molar-refractivity contribution in [2.75, 3.05) is 13.2 Å². The lowest BCUT2D eigenvalue weighted by atomic mass is 10.0. The van der Waals surface area contributed by atoms with Crippen molar-refractivity contribution in [1.82, 2.24) is 20.1 Å². The minimum Gasteiger partial charge on any atom is -0.464 e. The van der Waals surface area contributed by atoms with Gasteiger partial charge in [0.05, 0.1) is 23.8 Å². The van der Waals surface area contributed by atoms with Crippen molar-refractivity contribution in [3.05, 3.63) is 23.5 Å². The minimum atomic E-state index is -0.405. The summed E-state index contributed by atoms with van der Waals surface area (Å²) in [5.74, 6) is -0.0431. The summed E-state index contributed by atoms with van der Waals surface area (Å²) >= 11 is 0. The topological polar surface area (TPSA) is 86.1 Å². The summed E-state index contributed by atoms with van der Waals surface area (Å²) in [5, 5.41) is 7.72. The molecule has 0 aliphatic heterocycles. The lowest BCUT2D eigenvalue weighted by Gasteiger charge is -2.12. The first-order chi connectivity index (χ1) is 12.4. The molecule has 0 bridgehead atoms. The third-order valence-corrected chi connectivity index (χ3v) is 4.48. The molecule has 26 heavy (non-hydrogen) atoms. The molecule has 1 fully saturated rings. The lowest BCUT2D eigenvalue weighted by molar-refractivity contribution is -0.142. The van der Waals surface area contributed by atoms with Crippen molar-refractivity contribution in [3.8, 4) is 0 Å². The number of pyridine rings is 1. The third kappa shape index (κ3) is 4.03. The molecular formula is C19H26N4O3. The number of rotatable bonds is 7. The molecule has 7 heteroatoms. The van der Waals surface area contributed by atoms with Crippen LogP contribution in [0.4, 0.5) is 0 Å². The molecule has 1 amide bonds. The van der Waals surface area contributed by atoms with Gasteiger partial charge in [-0.15, -0.1) is 0 Å². The second-order valence-corrected chi connectivity index (χ2v) is 7.48. The summed E-state index contributed by atoms with van der Waals surface area (Å²) in [7, 11) is 0. The number of aromatic nitrogens is 3. The Kier molecular flexibility index (Phi) is 5.25. The van der Waals surface area contributed by atoms with Crippen molar-refractivity contribution < 1.29 is 14.3 Å². The average Bonchev–Trinajstić information content (AvgIpc) is 3.33. The molecule has 1 aliphatic carbocycles. The molecule has 2 aromatic heterocycles. The summed E-state index contributed by atoms with van der Waals surface area (Å²) in [6.07, 6.45) is 3.89. The number of hydrogen-bond acceptors (Lipinski definition) is 5. The molecule has 1 saturated carbocycles. The molecule has 7 nitrogen and oxygen atoms in total. The SMILES string of the molecule is CC(C)c1cc(C(=O)NCC(=O)OCC2CC2)c2cnn(C(C)C)c2n1. The Bertz CT molecular complexity index is 822. The van der Waals surface area contributed by atoms with Crippen LogP contribution in [0.15, 0.2) is 12.3 Å². The Balaban J connectivity index is 1.80. The van der Waals surface area contributed by atoms with E-state index < -0.39 is 5.97 Å². The van der Waals surface area contributed by atoms with Crippen LogP contribution in [0.1, 0.15) is 68.5 Å². The lowest BCUT2D eigenvalue weighted by Crippen LogP contribution is -2.31. The van der Waals surface area contributed by atoms with Crippen LogP contribution >= 0.6 is 0 Å². The monoisotopic (exact) mass is 358 g/mol. The van der Waals surface area contributed by atoms with Gasteiger partial charge in [0.2, 0.25) is 0 Å². The fourth-order valence-corrected chi connectivity index (χ4v) is 2.69. The van der Waals surface area contributed by atoms with Crippen molar-refractivity contribution in [1.29, 1.82) is 0 Å². The predicted molar refractivity (Wildman–Crippen MR) is 98.0 cm³/mol. The van der Waals surface area contributed by atoms with E-state index in [9.17, 15) is 9.59 Å². The number of carbonyl (C=O) groups excluding carboxylic acids is 2. The van der Waals surface area contributed by atoms with E-state index in [0.717, 1.165) is 18.5 Å². The van der Waals surface area contributed by atoms with E-state index in [-0.39, 0.29) is 24.4 Å². The maximum absolute atomic E-state index is 12.7. The maximum Gasteiger partial charge on any atom is 0.325 e. The van der Waals surface area contributed by atoms with Crippen LogP contribution in [0.2, 0.25) is 0 Å². The van der Waals surface area contributed by atoms with Gasteiger partial charge in [-0.25, -0.2) is 9.67 Å². The highest BCUT2D eigenvalue weighted by Crippen LogP contribution is 2.28. The zero-order valence-corrected chi connectivity index (χ0v) is 15.8. The van der Waals surface area contributed by atoms with Crippen LogP contribution in [0.25, 0.3) is 11.0 Å². The molecule has 140 valence electrons. The molecule has 0 saturated heterocycles. The summed E-state index contributed by atoms with van der Waals surface area (Å²) < 4.78 is 6.96. The normalized spacial score (nSPS) is 14.2. The van der Waals surface area contributed by atoms with E-state index in [1.54, 1.807) is 12.3 Å². The molecule has 1 aliphatic rings. The first kappa shape index (κ1) is 18.4. The highest BCUT2D eigenvalue weighted by molar-refractivity contribution is 6.06. The number of ether oxygens (including phenoxy) is 1. The third-order valence-electron chi connectivity index (χ3n) is 4.48. The Morgan fingerprint density at radius 2 is 2.04 bits per heavy atom. The number of nitrogens with zero attached hydrogens (tertiary/aromatic N) is 3. The summed E-state index contributed by atoms with van der Waals surface area (Å²) in [6.45, 7) is 8.41. The largest absolute Gasteiger partial charge is 0.464 e. The molecule has 3 rings (SSSR count). The van der Waals surface area contributed by atoms with Gasteiger partial charge in [0.1, 0.15) is 6.54 Å². The van der Waals surface area contributed by atoms with Crippen LogP contribution in [-0.2, 0) is 9.53 Å². The summed E-state index contributed by atoms with van der Waals surface area (Å²) in [4.78, 5) is 29.1. The van der Waals surface area contributed by atoms with Gasteiger partial charge in [0.25, 0.3) is 5.91 Å². The van der Waals surface area contributed by atoms with Crippen molar-refractivity contribution >= 4 is 22.9 Å². The van der Waals surface area contributed by atoms with Crippen LogP contribution in [0.3, 0.4) is 0 Å². The van der Waals surface area contributed by atoms with E-state index >= 15 is 0 Å². The molecule has 2 heterocycles. The van der Waals surface area contributed by atoms with E-state index in [2.05, 4.69) is 15.4 Å². The second kappa shape index (κ2) is 7.43. The van der Waals surface area contributed by atoms with Gasteiger partial charge in [-0.2, -0.15) is 5.10 Å². The first-order valence-electron chi connectivity index (χ1n) is 9.18. The number of esters is 1. The Morgan fingerprint density at radius 1 is 1.31 bits per heavy atom. The molecule has 1 N–H and O–H groups in total. The van der Waals surface area contributed by atoms with Gasteiger partial charge >= 0.3 is 5.97 Å². The molecule has 0 unspecified atom stereocenters. The molecule has 0 spiro atoms. The van der Waals surface area contributed by atoms with Crippen molar-refractivity contribution in [2.24, 2.45) is 5.92 Å². The Labute approximate surface area is 153 Å². The summed E-state index contributed by atoms with van der Waals surface area (Å²) in [6, 6.07) is 1.92. The zero-order chi connectivity index (χ0) is 18.8. The van der Waals surface area contributed by atoms with Crippen molar-refractivity contribution in [2.45, 2.75) is 52.5 Å². The predicted octanol–water partition coefficient (Wildman–Crippen LogP) is 2.82. The van der Waals surface area contributed by atoms with E-state index in [1.165, 1.54) is 0 Å². The molecule has 2 aromatic rings. The fraction of sp³-hybridized carbons (Fsp3) is 0.579. The Hall–Kier alpha value is -2.44. The second-order valence-electron chi connectivity index (χ2n) is 7.48. The quantitative estimate of drug-likeness (QED) is 0.769. The van der Waals surface area contributed by atoms with Gasteiger partial charge in [-0.1, -0.05) is 13.8 Å². The molecule has 0 atom stereocenters.